The summed E-state index contributed by atoms with van der Waals surface area (Å²) in [7, 11) is 0. The summed E-state index contributed by atoms with van der Waals surface area (Å²) >= 11 is 0. The first-order chi connectivity index (χ1) is 8.90. The van der Waals surface area contributed by atoms with Crippen molar-refractivity contribution >= 4 is 11.7 Å². The molecule has 0 aromatic carbocycles. The molecule has 0 saturated heterocycles. The number of anilines is 1. The largest absolute Gasteiger partial charge is 0.389 e. The summed E-state index contributed by atoms with van der Waals surface area (Å²) in [4.78, 5) is 15.2. The number of hydrogen-bond acceptors (Lipinski definition) is 3. The van der Waals surface area contributed by atoms with Crippen LogP contribution >= 0.6 is 0 Å². The molecular formula is C12H11F3N2O2. The molecule has 0 atom stereocenters. The molecule has 1 aromatic rings. The van der Waals surface area contributed by atoms with Gasteiger partial charge in [-0.05, 0) is 18.1 Å². The number of halogens is 3. The monoisotopic (exact) mass is 272 g/mol. The highest BCUT2D eigenvalue weighted by molar-refractivity contribution is 5.89. The molecule has 0 radical (unpaired) electrons. The maximum Gasteiger partial charge on any atom is 0.389 e. The summed E-state index contributed by atoms with van der Waals surface area (Å²) in [6.45, 7) is -0.330. The molecular weight excluding hydrogens is 261 g/mol. The number of alkyl halides is 3. The molecule has 0 spiro atoms. The van der Waals surface area contributed by atoms with E-state index >= 15 is 0 Å². The average Bonchev–Trinajstić information content (AvgIpc) is 2.33. The first-order valence-electron chi connectivity index (χ1n) is 5.34. The third kappa shape index (κ3) is 6.43. The maximum atomic E-state index is 11.9. The SMILES string of the molecule is O=C(CCC(F)(F)F)Nc1cccc(C#CCO)n1. The van der Waals surface area contributed by atoms with E-state index in [4.69, 9.17) is 5.11 Å². The van der Waals surface area contributed by atoms with Crippen molar-refractivity contribution in [3.05, 3.63) is 23.9 Å². The van der Waals surface area contributed by atoms with E-state index < -0.39 is 24.9 Å². The minimum Gasteiger partial charge on any atom is -0.384 e. The topological polar surface area (TPSA) is 62.2 Å². The molecule has 1 aromatic heterocycles. The van der Waals surface area contributed by atoms with Gasteiger partial charge in [-0.1, -0.05) is 12.0 Å². The Hall–Kier alpha value is -2.07. The van der Waals surface area contributed by atoms with Gasteiger partial charge in [0, 0.05) is 6.42 Å². The molecule has 4 nitrogen and oxygen atoms in total. The van der Waals surface area contributed by atoms with Crippen molar-refractivity contribution in [3.63, 3.8) is 0 Å². The van der Waals surface area contributed by atoms with Gasteiger partial charge in [-0.2, -0.15) is 13.2 Å². The van der Waals surface area contributed by atoms with Gasteiger partial charge >= 0.3 is 6.18 Å². The first-order valence-corrected chi connectivity index (χ1v) is 5.34. The quantitative estimate of drug-likeness (QED) is 0.823. The van der Waals surface area contributed by atoms with E-state index in [9.17, 15) is 18.0 Å². The minimum absolute atomic E-state index is 0.122. The van der Waals surface area contributed by atoms with Gasteiger partial charge in [-0.25, -0.2) is 4.98 Å². The Morgan fingerprint density at radius 1 is 1.42 bits per heavy atom. The lowest BCUT2D eigenvalue weighted by atomic mass is 10.3. The number of hydrogen-bond donors (Lipinski definition) is 2. The molecule has 0 fully saturated rings. The highest BCUT2D eigenvalue weighted by atomic mass is 19.4. The number of carbonyl (C=O) groups excluding carboxylic acids is 1. The molecule has 1 amide bonds. The first kappa shape index (κ1) is 15.0. The van der Waals surface area contributed by atoms with Crippen LogP contribution in [0.3, 0.4) is 0 Å². The average molecular weight is 272 g/mol. The van der Waals surface area contributed by atoms with Crippen molar-refractivity contribution in [1.82, 2.24) is 4.98 Å². The zero-order valence-electron chi connectivity index (χ0n) is 9.79. The van der Waals surface area contributed by atoms with Crippen LogP contribution < -0.4 is 5.32 Å². The second-order valence-corrected chi connectivity index (χ2v) is 3.53. The fourth-order valence-electron chi connectivity index (χ4n) is 1.16. The summed E-state index contributed by atoms with van der Waals surface area (Å²) in [5.74, 6) is 4.25. The van der Waals surface area contributed by atoms with E-state index in [1.807, 2.05) is 0 Å². The van der Waals surface area contributed by atoms with Crippen molar-refractivity contribution in [1.29, 1.82) is 0 Å². The number of aliphatic hydroxyl groups is 1. The molecule has 102 valence electrons. The van der Waals surface area contributed by atoms with Crippen LogP contribution in [-0.4, -0.2) is 28.8 Å². The van der Waals surface area contributed by atoms with E-state index in [0.29, 0.717) is 5.69 Å². The molecule has 0 bridgehead atoms. The summed E-state index contributed by atoms with van der Waals surface area (Å²) in [5, 5.41) is 10.8. The standard InChI is InChI=1S/C12H11F3N2O2/c13-12(14,15)7-6-11(19)17-10-5-1-3-9(16-10)4-2-8-18/h1,3,5,18H,6-8H2,(H,16,17,19). The number of aromatic nitrogens is 1. The Labute approximate surface area is 107 Å². The summed E-state index contributed by atoms with van der Waals surface area (Å²) in [6, 6.07) is 4.54. The molecule has 1 heterocycles. The Balaban J connectivity index is 2.59. The normalized spacial score (nSPS) is 10.5. The minimum atomic E-state index is -4.36. The molecule has 0 aliphatic rings. The number of pyridine rings is 1. The number of nitrogens with one attached hydrogen (secondary N) is 1. The van der Waals surface area contributed by atoms with Crippen molar-refractivity contribution in [2.24, 2.45) is 0 Å². The molecule has 0 aliphatic heterocycles. The Morgan fingerprint density at radius 2 is 2.16 bits per heavy atom. The lowest BCUT2D eigenvalue weighted by Crippen LogP contribution is -2.17. The molecule has 0 unspecified atom stereocenters. The van der Waals surface area contributed by atoms with Gasteiger partial charge in [0.25, 0.3) is 0 Å². The molecule has 1 rings (SSSR count). The predicted molar refractivity (Wildman–Crippen MR) is 62.1 cm³/mol. The summed E-state index contributed by atoms with van der Waals surface area (Å²) in [5.41, 5.74) is 0.308. The Kier molecular flexibility index (Phi) is 5.33. The molecule has 19 heavy (non-hydrogen) atoms. The van der Waals surface area contributed by atoms with E-state index in [-0.39, 0.29) is 12.4 Å². The lowest BCUT2D eigenvalue weighted by molar-refractivity contribution is -0.142. The lowest BCUT2D eigenvalue weighted by Gasteiger charge is -2.06. The Morgan fingerprint density at radius 3 is 2.79 bits per heavy atom. The van der Waals surface area contributed by atoms with Gasteiger partial charge in [-0.15, -0.1) is 0 Å². The van der Waals surface area contributed by atoms with Gasteiger partial charge in [-0.3, -0.25) is 4.79 Å². The fourth-order valence-corrected chi connectivity index (χ4v) is 1.16. The number of aliphatic hydroxyl groups excluding tert-OH is 1. The van der Waals surface area contributed by atoms with Crippen molar-refractivity contribution in [3.8, 4) is 11.8 Å². The van der Waals surface area contributed by atoms with Gasteiger partial charge in [0.2, 0.25) is 5.91 Å². The zero-order valence-corrected chi connectivity index (χ0v) is 9.79. The predicted octanol–water partition coefficient (Wildman–Crippen LogP) is 1.71. The highest BCUT2D eigenvalue weighted by Gasteiger charge is 2.27. The van der Waals surface area contributed by atoms with E-state index in [0.717, 1.165) is 0 Å². The van der Waals surface area contributed by atoms with E-state index in [2.05, 4.69) is 22.1 Å². The second kappa shape index (κ2) is 6.75. The van der Waals surface area contributed by atoms with Crippen LogP contribution in [0.2, 0.25) is 0 Å². The smallest absolute Gasteiger partial charge is 0.384 e. The van der Waals surface area contributed by atoms with Crippen LogP contribution in [0.15, 0.2) is 18.2 Å². The highest BCUT2D eigenvalue weighted by Crippen LogP contribution is 2.21. The number of amides is 1. The van der Waals surface area contributed by atoms with E-state index in [1.54, 1.807) is 12.1 Å². The molecule has 0 saturated carbocycles. The molecule has 7 heteroatoms. The van der Waals surface area contributed by atoms with Gasteiger partial charge in [0.05, 0.1) is 6.42 Å². The van der Waals surface area contributed by atoms with Crippen LogP contribution in [0, 0.1) is 11.8 Å². The van der Waals surface area contributed by atoms with Crippen LogP contribution in [-0.2, 0) is 4.79 Å². The zero-order chi connectivity index (χ0) is 14.3. The molecule has 2 N–H and O–H groups in total. The second-order valence-electron chi connectivity index (χ2n) is 3.53. The van der Waals surface area contributed by atoms with Gasteiger partial charge < -0.3 is 10.4 Å². The van der Waals surface area contributed by atoms with Crippen molar-refractivity contribution in [2.45, 2.75) is 19.0 Å². The van der Waals surface area contributed by atoms with Crippen molar-refractivity contribution in [2.75, 3.05) is 11.9 Å². The van der Waals surface area contributed by atoms with Crippen LogP contribution in [0.5, 0.6) is 0 Å². The maximum absolute atomic E-state index is 11.9. The summed E-state index contributed by atoms with van der Waals surface area (Å²) < 4.78 is 35.8. The number of nitrogens with zero attached hydrogens (tertiary/aromatic N) is 1. The Bertz CT molecular complexity index is 504. The van der Waals surface area contributed by atoms with Crippen LogP contribution in [0.25, 0.3) is 0 Å². The third-order valence-corrected chi connectivity index (χ3v) is 1.95. The number of carbonyl (C=O) groups is 1. The number of rotatable bonds is 3. The van der Waals surface area contributed by atoms with Gasteiger partial charge in [0.15, 0.2) is 0 Å². The van der Waals surface area contributed by atoms with Crippen LogP contribution in [0.4, 0.5) is 19.0 Å². The summed E-state index contributed by atoms with van der Waals surface area (Å²) in [6.07, 6.45) is -6.19. The van der Waals surface area contributed by atoms with Crippen molar-refractivity contribution < 1.29 is 23.1 Å². The van der Waals surface area contributed by atoms with E-state index in [1.165, 1.54) is 6.07 Å². The third-order valence-electron chi connectivity index (χ3n) is 1.95. The molecule has 0 aliphatic carbocycles. The fraction of sp³-hybridized carbons (Fsp3) is 0.333. The van der Waals surface area contributed by atoms with Gasteiger partial charge in [0.1, 0.15) is 18.1 Å². The van der Waals surface area contributed by atoms with Crippen LogP contribution in [0.1, 0.15) is 18.5 Å².